The van der Waals surface area contributed by atoms with E-state index in [0.29, 0.717) is 36.9 Å². The molecule has 0 spiro atoms. The lowest BCUT2D eigenvalue weighted by Crippen LogP contribution is -2.63. The number of aliphatic hydroxyl groups excluding tert-OH is 1. The summed E-state index contributed by atoms with van der Waals surface area (Å²) in [4.78, 5) is 92.6. The molecule has 2 aromatic carbocycles. The van der Waals surface area contributed by atoms with Gasteiger partial charge in [-0.1, -0.05) is 84.7 Å². The summed E-state index contributed by atoms with van der Waals surface area (Å²) in [5, 5.41) is 18.0. The second-order valence-electron chi connectivity index (χ2n) is 26.4. The van der Waals surface area contributed by atoms with Crippen molar-refractivity contribution in [3.05, 3.63) is 89.0 Å². The Kier molecular flexibility index (Phi) is 19.4. The SMILES string of the molecule is C[C@H](CC(=O)[C@H](C)NC(=O)[C@H](CCC(=O)OC(C)(C)C)CC(=O)CBr)C(=O)Nc1cccc(Cc2ccc([C@@H]3O[C@@H]4C[C@H]5[C@@H]6CCC7=CC(=O)C=C[C@]7(C)[C@H]6[C@@H](O)C[C@]5(C)[C@]4(C(=O)COP(=O)(OC(C)(C)C)OC(C)(C)C)O3)cc2)c1. The molecule has 1 heterocycles. The minimum atomic E-state index is -4.34. The number of nitrogens with one attached hydrogen (secondary N) is 2. The van der Waals surface area contributed by atoms with Crippen LogP contribution in [-0.2, 0) is 72.3 Å². The molecule has 0 aromatic heterocycles. The number of halogens is 1. The number of phosphoric ester groups is 1. The Bertz CT molecular complexity index is 2830. The fraction of sp³-hybridized carbons (Fsp3) is 0.629. The number of hydrogen-bond donors (Lipinski definition) is 3. The zero-order valence-electron chi connectivity index (χ0n) is 49.3. The Balaban J connectivity index is 1.02. The number of Topliss-reactive ketones (excluding diaryl/α,β-unsaturated/α-hetero) is 3. The molecular formula is C62H84BrN2O15P. The van der Waals surface area contributed by atoms with Crippen LogP contribution in [0.1, 0.15) is 164 Å². The van der Waals surface area contributed by atoms with Crippen molar-refractivity contribution in [1.82, 2.24) is 5.32 Å². The standard InChI is InChI=1S/C62H84BrN2O15P/c1-36(27-48(68)37(2)64-55(73)41(30-45(67)34-63)21-24-52(71)77-57(3,4)5)54(72)65-43-16-14-15-39(29-43)28-38-17-19-40(20-18-38)56-76-51-32-47-46-23-22-42-31-44(66)25-26-60(42,12)53(46)49(69)33-61(47,13)62(51,78-56)50(70)35-75-81(74,79-58(6,7)8)80-59(9,10)11/h14-20,25-26,29,31,36-37,41,46-47,49,51,53,56,69H,21-24,27-28,30,32-35H2,1-13H3,(H,64,73)(H,65,72)/t36-,37+,41-,46+,47+,49+,51-,53-,56-,60+,61+,62-/m1/s1. The number of rotatable bonds is 22. The highest BCUT2D eigenvalue weighted by Gasteiger charge is 2.76. The summed E-state index contributed by atoms with van der Waals surface area (Å²) in [6.07, 6.45) is 4.86. The fourth-order valence-electron chi connectivity index (χ4n) is 13.1. The maximum absolute atomic E-state index is 15.3. The van der Waals surface area contributed by atoms with E-state index in [1.165, 1.54) is 6.92 Å². The molecule has 17 nitrogen and oxygen atoms in total. The Morgan fingerprint density at radius 1 is 0.889 bits per heavy atom. The third kappa shape index (κ3) is 14.9. The molecular weight excluding hydrogens is 1120 g/mol. The van der Waals surface area contributed by atoms with Gasteiger partial charge in [0.15, 0.2) is 29.2 Å². The number of ketones is 4. The maximum atomic E-state index is 15.3. The van der Waals surface area contributed by atoms with Gasteiger partial charge in [-0.05, 0) is 155 Å². The molecule has 7 rings (SSSR count). The number of hydrogen-bond acceptors (Lipinski definition) is 15. The molecule has 0 unspecified atom stereocenters. The Morgan fingerprint density at radius 2 is 1.56 bits per heavy atom. The van der Waals surface area contributed by atoms with Gasteiger partial charge in [0.2, 0.25) is 11.8 Å². The largest absolute Gasteiger partial charge is 0.476 e. The first kappa shape index (κ1) is 64.0. The normalized spacial score (nSPS) is 28.3. The molecule has 81 heavy (non-hydrogen) atoms. The van der Waals surface area contributed by atoms with Crippen LogP contribution < -0.4 is 10.6 Å². The molecule has 12 atom stereocenters. The summed E-state index contributed by atoms with van der Waals surface area (Å²) in [6, 6.07) is 14.1. The first-order valence-electron chi connectivity index (χ1n) is 28.3. The van der Waals surface area contributed by atoms with E-state index in [2.05, 4.69) is 33.5 Å². The highest BCUT2D eigenvalue weighted by atomic mass is 79.9. The number of esters is 1. The van der Waals surface area contributed by atoms with E-state index in [9.17, 15) is 38.4 Å². The molecule has 2 aromatic rings. The van der Waals surface area contributed by atoms with E-state index in [4.69, 9.17) is 27.8 Å². The molecule has 3 N–H and O–H groups in total. The minimum absolute atomic E-state index is 0.0373. The second-order valence-corrected chi connectivity index (χ2v) is 28.5. The molecule has 444 valence electrons. The van der Waals surface area contributed by atoms with Crippen LogP contribution in [0.4, 0.5) is 5.69 Å². The third-order valence-electron chi connectivity index (χ3n) is 16.5. The van der Waals surface area contributed by atoms with E-state index >= 15 is 4.79 Å². The van der Waals surface area contributed by atoms with E-state index in [1.54, 1.807) is 87.5 Å². The first-order valence-corrected chi connectivity index (χ1v) is 30.9. The van der Waals surface area contributed by atoms with Crippen LogP contribution in [0.2, 0.25) is 0 Å². The quantitative estimate of drug-likeness (QED) is 0.0565. The predicted molar refractivity (Wildman–Crippen MR) is 308 cm³/mol. The summed E-state index contributed by atoms with van der Waals surface area (Å²) >= 11 is 3.13. The minimum Gasteiger partial charge on any atom is -0.460 e. The molecule has 0 radical (unpaired) electrons. The topological polar surface area (TPSA) is 236 Å². The lowest BCUT2D eigenvalue weighted by Gasteiger charge is -2.59. The summed E-state index contributed by atoms with van der Waals surface area (Å²) < 4.78 is 51.4. The van der Waals surface area contributed by atoms with Gasteiger partial charge < -0.3 is 30.0 Å². The van der Waals surface area contributed by atoms with Gasteiger partial charge in [0, 0.05) is 59.1 Å². The maximum Gasteiger partial charge on any atom is 0.476 e. The zero-order valence-corrected chi connectivity index (χ0v) is 51.8. The van der Waals surface area contributed by atoms with Gasteiger partial charge in [-0.15, -0.1) is 0 Å². The fourth-order valence-corrected chi connectivity index (χ4v) is 15.1. The number of anilines is 1. The van der Waals surface area contributed by atoms with Crippen LogP contribution in [-0.4, -0.2) is 98.6 Å². The van der Waals surface area contributed by atoms with Crippen molar-refractivity contribution in [3.8, 4) is 0 Å². The van der Waals surface area contributed by atoms with Gasteiger partial charge in [0.1, 0.15) is 18.0 Å². The second kappa shape index (κ2) is 24.6. The van der Waals surface area contributed by atoms with E-state index in [1.807, 2.05) is 55.5 Å². The van der Waals surface area contributed by atoms with Crippen molar-refractivity contribution >= 4 is 70.4 Å². The first-order chi connectivity index (χ1) is 37.6. The van der Waals surface area contributed by atoms with Crippen molar-refractivity contribution in [2.24, 2.45) is 40.4 Å². The number of carbonyl (C=O) groups is 7. The zero-order chi connectivity index (χ0) is 59.8. The monoisotopic (exact) mass is 1210 g/mol. The molecule has 0 bridgehead atoms. The van der Waals surface area contributed by atoms with Crippen LogP contribution in [0.25, 0.3) is 0 Å². The highest BCUT2D eigenvalue weighted by Crippen LogP contribution is 2.71. The van der Waals surface area contributed by atoms with Crippen molar-refractivity contribution in [1.29, 1.82) is 0 Å². The van der Waals surface area contributed by atoms with E-state index < -0.39 is 108 Å². The molecule has 3 saturated carbocycles. The Hall–Kier alpha value is -4.52. The number of ether oxygens (including phenoxy) is 3. The van der Waals surface area contributed by atoms with Gasteiger partial charge in [-0.2, -0.15) is 0 Å². The number of amides is 2. The van der Waals surface area contributed by atoms with Crippen LogP contribution >= 0.6 is 23.8 Å². The van der Waals surface area contributed by atoms with Crippen LogP contribution in [0.15, 0.2) is 72.3 Å². The number of allylic oxidation sites excluding steroid dienone is 4. The predicted octanol–water partition coefficient (Wildman–Crippen LogP) is 10.8. The molecule has 19 heteroatoms. The number of benzene rings is 2. The van der Waals surface area contributed by atoms with Gasteiger partial charge in [0.05, 0.1) is 34.8 Å². The van der Waals surface area contributed by atoms with Gasteiger partial charge in [0.25, 0.3) is 0 Å². The van der Waals surface area contributed by atoms with Gasteiger partial charge >= 0.3 is 13.8 Å². The van der Waals surface area contributed by atoms with Crippen molar-refractivity contribution < 1.29 is 71.0 Å². The van der Waals surface area contributed by atoms with E-state index in [0.717, 1.165) is 16.7 Å². The average molecular weight is 1210 g/mol. The van der Waals surface area contributed by atoms with Gasteiger partial charge in [-0.25, -0.2) is 4.57 Å². The molecule has 2 amide bonds. The number of fused-ring (bicyclic) bond motifs is 7. The number of carbonyl (C=O) groups excluding carboxylic acids is 7. The van der Waals surface area contributed by atoms with Crippen molar-refractivity contribution in [3.63, 3.8) is 0 Å². The lowest BCUT2D eigenvalue weighted by atomic mass is 9.46. The number of alkyl halides is 1. The van der Waals surface area contributed by atoms with Crippen LogP contribution in [0, 0.1) is 40.4 Å². The summed E-state index contributed by atoms with van der Waals surface area (Å²) in [7, 11) is -4.34. The number of phosphoric acid groups is 1. The van der Waals surface area contributed by atoms with Crippen molar-refractivity contribution in [2.75, 3.05) is 17.3 Å². The van der Waals surface area contributed by atoms with Gasteiger partial charge in [-0.3, -0.25) is 47.1 Å². The molecule has 1 saturated heterocycles. The Labute approximate surface area is 485 Å². The van der Waals surface area contributed by atoms with Crippen LogP contribution in [0.5, 0.6) is 0 Å². The summed E-state index contributed by atoms with van der Waals surface area (Å²) in [6.45, 7) is 22.1. The average Bonchev–Trinajstić information content (AvgIpc) is 4.12. The molecule has 4 fully saturated rings. The van der Waals surface area contributed by atoms with Crippen molar-refractivity contribution in [2.45, 2.75) is 195 Å². The summed E-state index contributed by atoms with van der Waals surface area (Å²) in [5.74, 6) is -4.57. The summed E-state index contributed by atoms with van der Waals surface area (Å²) in [5.41, 5.74) is -1.74. The van der Waals surface area contributed by atoms with E-state index in [-0.39, 0.29) is 72.5 Å². The highest BCUT2D eigenvalue weighted by molar-refractivity contribution is 9.09. The molecule has 5 aliphatic rings. The molecule has 4 aliphatic carbocycles. The number of aliphatic hydroxyl groups is 1. The van der Waals surface area contributed by atoms with Crippen LogP contribution in [0.3, 0.4) is 0 Å². The third-order valence-corrected chi connectivity index (χ3v) is 19.2. The lowest BCUT2D eigenvalue weighted by molar-refractivity contribution is -0.201. The smallest absolute Gasteiger partial charge is 0.460 e. The Morgan fingerprint density at radius 3 is 2.19 bits per heavy atom. The molecule has 1 aliphatic heterocycles.